The summed E-state index contributed by atoms with van der Waals surface area (Å²) in [4.78, 5) is 14.9. The molecule has 1 fully saturated rings. The van der Waals surface area contributed by atoms with E-state index < -0.39 is 0 Å². The van der Waals surface area contributed by atoms with Crippen molar-refractivity contribution in [1.29, 1.82) is 0 Å². The lowest BCUT2D eigenvalue weighted by Crippen LogP contribution is -2.34. The van der Waals surface area contributed by atoms with E-state index in [-0.39, 0.29) is 11.9 Å². The third-order valence-electron chi connectivity index (χ3n) is 5.73. The highest BCUT2D eigenvalue weighted by Crippen LogP contribution is 2.24. The summed E-state index contributed by atoms with van der Waals surface area (Å²) in [5.41, 5.74) is 6.00. The van der Waals surface area contributed by atoms with E-state index in [2.05, 4.69) is 74.3 Å². The molecule has 1 aliphatic rings. The van der Waals surface area contributed by atoms with E-state index in [1.807, 2.05) is 6.07 Å². The van der Waals surface area contributed by atoms with E-state index in [0.29, 0.717) is 6.42 Å². The number of carbonyl (C=O) groups is 1. The molecule has 144 valence electrons. The van der Waals surface area contributed by atoms with Crippen LogP contribution in [-0.4, -0.2) is 19.0 Å². The number of rotatable bonds is 5. The fraction of sp³-hybridized carbons (Fsp3) is 0.458. The number of nitrogens with one attached hydrogen (secondary N) is 1. The average Bonchev–Trinajstić information content (AvgIpc) is 2.65. The van der Waals surface area contributed by atoms with E-state index in [0.717, 1.165) is 30.1 Å². The van der Waals surface area contributed by atoms with Gasteiger partial charge in [-0.15, -0.1) is 0 Å². The van der Waals surface area contributed by atoms with Crippen molar-refractivity contribution in [1.82, 2.24) is 5.32 Å². The minimum absolute atomic E-state index is 0.0124. The van der Waals surface area contributed by atoms with Gasteiger partial charge in [0.2, 0.25) is 5.91 Å². The Labute approximate surface area is 163 Å². The maximum Gasteiger partial charge on any atom is 0.224 e. The summed E-state index contributed by atoms with van der Waals surface area (Å²) in [6.07, 6.45) is 3.03. The molecule has 1 saturated heterocycles. The monoisotopic (exact) mass is 364 g/mol. The predicted molar refractivity (Wildman–Crippen MR) is 113 cm³/mol. The Morgan fingerprint density at radius 2 is 1.89 bits per heavy atom. The molecule has 3 nitrogen and oxygen atoms in total. The number of benzene rings is 2. The second kappa shape index (κ2) is 8.60. The van der Waals surface area contributed by atoms with E-state index in [1.165, 1.54) is 29.7 Å². The summed E-state index contributed by atoms with van der Waals surface area (Å²) < 4.78 is 0. The van der Waals surface area contributed by atoms with Gasteiger partial charge in [-0.2, -0.15) is 0 Å². The lowest BCUT2D eigenvalue weighted by Gasteiger charge is -2.33. The van der Waals surface area contributed by atoms with Gasteiger partial charge in [0.15, 0.2) is 0 Å². The van der Waals surface area contributed by atoms with E-state index in [1.54, 1.807) is 0 Å². The van der Waals surface area contributed by atoms with Crippen LogP contribution in [0.2, 0.25) is 0 Å². The topological polar surface area (TPSA) is 32.3 Å². The molecule has 0 bridgehead atoms. The molecule has 0 radical (unpaired) electrons. The molecule has 2 aromatic carbocycles. The maximum absolute atomic E-state index is 12.4. The predicted octanol–water partition coefficient (Wildman–Crippen LogP) is 4.96. The Morgan fingerprint density at radius 3 is 2.56 bits per heavy atom. The lowest BCUT2D eigenvalue weighted by molar-refractivity contribution is -0.121. The number of carbonyl (C=O) groups excluding carboxylic acids is 1. The van der Waals surface area contributed by atoms with Gasteiger partial charge < -0.3 is 10.2 Å². The van der Waals surface area contributed by atoms with Crippen LogP contribution in [0, 0.1) is 19.8 Å². The Hall–Kier alpha value is -2.29. The van der Waals surface area contributed by atoms with Crippen LogP contribution >= 0.6 is 0 Å². The summed E-state index contributed by atoms with van der Waals surface area (Å²) in [5.74, 6) is 0.835. The van der Waals surface area contributed by atoms with Gasteiger partial charge in [0.1, 0.15) is 0 Å². The van der Waals surface area contributed by atoms with Crippen molar-refractivity contribution in [2.75, 3.05) is 18.0 Å². The smallest absolute Gasteiger partial charge is 0.224 e. The maximum atomic E-state index is 12.4. The van der Waals surface area contributed by atoms with Crippen LogP contribution < -0.4 is 10.2 Å². The highest BCUT2D eigenvalue weighted by Gasteiger charge is 2.17. The van der Waals surface area contributed by atoms with Crippen molar-refractivity contribution in [3.05, 3.63) is 64.7 Å². The third-order valence-corrected chi connectivity index (χ3v) is 5.73. The largest absolute Gasteiger partial charge is 0.371 e. The molecule has 1 aliphatic heterocycles. The third kappa shape index (κ3) is 5.12. The SMILES string of the molecule is Cc1ccc(CC(=O)N[C@@H](C)c2ccc(N3CCC[C@@H](C)C3)cc2)cc1C. The molecule has 0 spiro atoms. The Morgan fingerprint density at radius 1 is 1.15 bits per heavy atom. The van der Waals surface area contributed by atoms with Gasteiger partial charge in [0.25, 0.3) is 0 Å². The summed E-state index contributed by atoms with van der Waals surface area (Å²) in [6, 6.07) is 14.9. The van der Waals surface area contributed by atoms with Crippen LogP contribution in [0.4, 0.5) is 5.69 Å². The van der Waals surface area contributed by atoms with Crippen molar-refractivity contribution in [3.63, 3.8) is 0 Å². The summed E-state index contributed by atoms with van der Waals surface area (Å²) in [5, 5.41) is 3.13. The molecule has 0 saturated carbocycles. The minimum atomic E-state index is 0.0124. The first-order valence-corrected chi connectivity index (χ1v) is 10.1. The molecule has 0 aromatic heterocycles. The second-order valence-electron chi connectivity index (χ2n) is 8.17. The zero-order valence-corrected chi connectivity index (χ0v) is 17.1. The number of amides is 1. The normalized spacial score (nSPS) is 18.2. The van der Waals surface area contributed by atoms with Gasteiger partial charge in [-0.1, -0.05) is 37.3 Å². The van der Waals surface area contributed by atoms with Crippen molar-refractivity contribution in [2.24, 2.45) is 5.92 Å². The Bertz CT molecular complexity index is 781. The summed E-state index contributed by atoms with van der Waals surface area (Å²) >= 11 is 0. The molecule has 3 rings (SSSR count). The zero-order chi connectivity index (χ0) is 19.4. The number of hydrogen-bond acceptors (Lipinski definition) is 2. The lowest BCUT2D eigenvalue weighted by atomic mass is 9.99. The number of hydrogen-bond donors (Lipinski definition) is 1. The summed E-state index contributed by atoms with van der Waals surface area (Å²) in [7, 11) is 0. The molecule has 1 N–H and O–H groups in total. The molecular weight excluding hydrogens is 332 g/mol. The molecule has 27 heavy (non-hydrogen) atoms. The van der Waals surface area contributed by atoms with Gasteiger partial charge >= 0.3 is 0 Å². The van der Waals surface area contributed by atoms with E-state index in [9.17, 15) is 4.79 Å². The minimum Gasteiger partial charge on any atom is -0.371 e. The van der Waals surface area contributed by atoms with Gasteiger partial charge in [-0.25, -0.2) is 0 Å². The quantitative estimate of drug-likeness (QED) is 0.813. The Kier molecular flexibility index (Phi) is 6.20. The molecule has 2 atom stereocenters. The first-order valence-electron chi connectivity index (χ1n) is 10.1. The average molecular weight is 365 g/mol. The van der Waals surface area contributed by atoms with Crippen LogP contribution in [0.3, 0.4) is 0 Å². The molecule has 0 aliphatic carbocycles. The zero-order valence-electron chi connectivity index (χ0n) is 17.1. The second-order valence-corrected chi connectivity index (χ2v) is 8.17. The molecule has 3 heteroatoms. The number of piperidine rings is 1. The van der Waals surface area contributed by atoms with E-state index in [4.69, 9.17) is 0 Å². The Balaban J connectivity index is 1.57. The van der Waals surface area contributed by atoms with Crippen LogP contribution in [0.1, 0.15) is 55.0 Å². The molecule has 2 aromatic rings. The number of aryl methyl sites for hydroxylation is 2. The van der Waals surface area contributed by atoms with Gasteiger partial charge in [-0.05, 0) is 73.9 Å². The summed E-state index contributed by atoms with van der Waals surface area (Å²) in [6.45, 7) is 10.8. The highest BCUT2D eigenvalue weighted by molar-refractivity contribution is 5.79. The molecule has 0 unspecified atom stereocenters. The van der Waals surface area contributed by atoms with Crippen molar-refractivity contribution in [3.8, 4) is 0 Å². The van der Waals surface area contributed by atoms with Crippen molar-refractivity contribution >= 4 is 11.6 Å². The molecular formula is C24H32N2O. The standard InChI is InChI=1S/C24H32N2O/c1-17-6-5-13-26(16-17)23-11-9-22(10-12-23)20(4)25-24(27)15-21-8-7-18(2)19(3)14-21/h7-12,14,17,20H,5-6,13,15-16H2,1-4H3,(H,25,27)/t17-,20+/m1/s1. The molecule has 1 heterocycles. The van der Waals surface area contributed by atoms with Gasteiger partial charge in [0.05, 0.1) is 12.5 Å². The first-order chi connectivity index (χ1) is 12.9. The van der Waals surface area contributed by atoms with Crippen LogP contribution in [0.5, 0.6) is 0 Å². The molecule has 1 amide bonds. The van der Waals surface area contributed by atoms with Crippen LogP contribution in [0.25, 0.3) is 0 Å². The van der Waals surface area contributed by atoms with Gasteiger partial charge in [0, 0.05) is 18.8 Å². The fourth-order valence-corrected chi connectivity index (χ4v) is 3.87. The van der Waals surface area contributed by atoms with Crippen molar-refractivity contribution in [2.45, 2.75) is 53.0 Å². The van der Waals surface area contributed by atoms with Crippen LogP contribution in [0.15, 0.2) is 42.5 Å². The highest BCUT2D eigenvalue weighted by atomic mass is 16.1. The fourth-order valence-electron chi connectivity index (χ4n) is 3.87. The van der Waals surface area contributed by atoms with Crippen LogP contribution in [-0.2, 0) is 11.2 Å². The number of nitrogens with zero attached hydrogens (tertiary/aromatic N) is 1. The number of anilines is 1. The first kappa shape index (κ1) is 19.5. The van der Waals surface area contributed by atoms with E-state index >= 15 is 0 Å². The van der Waals surface area contributed by atoms with Gasteiger partial charge in [-0.3, -0.25) is 4.79 Å². The van der Waals surface area contributed by atoms with Crippen molar-refractivity contribution < 1.29 is 4.79 Å².